The molecule has 1 aromatic carbocycles. The predicted molar refractivity (Wildman–Crippen MR) is 122 cm³/mol. The Bertz CT molecular complexity index is 822. The molecule has 2 rings (SSSR count). The van der Waals surface area contributed by atoms with Gasteiger partial charge < -0.3 is 19.5 Å². The molecule has 10 heteroatoms. The summed E-state index contributed by atoms with van der Waals surface area (Å²) in [4.78, 5) is 41.6. The molecule has 1 aliphatic rings. The number of carbonyl (C=O) groups is 3. The van der Waals surface area contributed by atoms with Crippen molar-refractivity contribution in [3.8, 4) is 0 Å². The third-order valence-electron chi connectivity index (χ3n) is 4.55. The van der Waals surface area contributed by atoms with Crippen LogP contribution in [0.1, 0.15) is 46.1 Å². The van der Waals surface area contributed by atoms with Crippen molar-refractivity contribution in [3.63, 3.8) is 0 Å². The van der Waals surface area contributed by atoms with E-state index in [1.807, 2.05) is 30.3 Å². The number of hydrogen-bond acceptors (Lipinski definition) is 8. The summed E-state index contributed by atoms with van der Waals surface area (Å²) in [5.74, 6) is -1.21. The minimum Gasteiger partial charge on any atom is -0.465 e. The van der Waals surface area contributed by atoms with Gasteiger partial charge in [-0.3, -0.25) is 25.4 Å². The predicted octanol–water partition coefficient (Wildman–Crippen LogP) is 2.09. The molecular weight excluding hydrogens is 428 g/mol. The number of nitrogens with zero attached hydrogens (tertiary/aromatic N) is 1. The number of amidine groups is 1. The quantitative estimate of drug-likeness (QED) is 0.399. The number of ether oxygens (including phenoxy) is 3. The van der Waals surface area contributed by atoms with E-state index in [0.29, 0.717) is 18.8 Å². The lowest BCUT2D eigenvalue weighted by molar-refractivity contribution is -0.146. The summed E-state index contributed by atoms with van der Waals surface area (Å²) in [6.45, 7) is 7.89. The van der Waals surface area contributed by atoms with Crippen LogP contribution in [0.5, 0.6) is 0 Å². The van der Waals surface area contributed by atoms with Gasteiger partial charge in [0.2, 0.25) is 0 Å². The third-order valence-corrected chi connectivity index (χ3v) is 4.55. The van der Waals surface area contributed by atoms with Gasteiger partial charge in [-0.1, -0.05) is 30.3 Å². The van der Waals surface area contributed by atoms with Gasteiger partial charge in [-0.2, -0.15) is 0 Å². The van der Waals surface area contributed by atoms with Crippen LogP contribution < -0.4 is 16.2 Å². The van der Waals surface area contributed by atoms with Gasteiger partial charge >= 0.3 is 12.1 Å². The molecule has 10 nitrogen and oxygen atoms in total. The van der Waals surface area contributed by atoms with Gasteiger partial charge in [0.25, 0.3) is 5.91 Å². The molecule has 0 fully saturated rings. The Balaban J connectivity index is 1.99. The van der Waals surface area contributed by atoms with Gasteiger partial charge in [-0.25, -0.2) is 4.79 Å². The molecule has 1 heterocycles. The molecule has 0 aromatic heterocycles. The molecule has 0 aliphatic carbocycles. The Labute approximate surface area is 194 Å². The van der Waals surface area contributed by atoms with Crippen LogP contribution in [0, 0.1) is 5.92 Å². The molecule has 0 bridgehead atoms. The van der Waals surface area contributed by atoms with E-state index in [2.05, 4.69) is 21.2 Å². The van der Waals surface area contributed by atoms with Crippen LogP contribution in [-0.2, 0) is 30.4 Å². The highest BCUT2D eigenvalue weighted by Gasteiger charge is 2.30. The summed E-state index contributed by atoms with van der Waals surface area (Å²) in [7, 11) is 0. The van der Waals surface area contributed by atoms with Crippen LogP contribution >= 0.6 is 0 Å². The molecule has 0 saturated carbocycles. The van der Waals surface area contributed by atoms with E-state index in [9.17, 15) is 14.4 Å². The Morgan fingerprint density at radius 2 is 1.91 bits per heavy atom. The summed E-state index contributed by atoms with van der Waals surface area (Å²) in [6, 6.07) is 8.42. The van der Waals surface area contributed by atoms with Crippen LogP contribution in [0.4, 0.5) is 4.79 Å². The first-order chi connectivity index (χ1) is 15.7. The molecule has 0 spiro atoms. The normalized spacial score (nSPS) is 16.7. The number of rotatable bonds is 8. The summed E-state index contributed by atoms with van der Waals surface area (Å²) >= 11 is 0. The zero-order chi connectivity index (χ0) is 24.3. The molecule has 0 radical (unpaired) electrons. The lowest BCUT2D eigenvalue weighted by Crippen LogP contribution is -2.56. The zero-order valence-corrected chi connectivity index (χ0v) is 19.7. The Kier molecular flexibility index (Phi) is 10.1. The minimum absolute atomic E-state index is 0.0879. The molecule has 0 saturated heterocycles. The van der Waals surface area contributed by atoms with Crippen LogP contribution in [-0.4, -0.2) is 55.2 Å². The molecule has 2 amide bonds. The fraction of sp³-hybridized carbons (Fsp3) is 0.565. The number of benzene rings is 1. The fourth-order valence-electron chi connectivity index (χ4n) is 3.06. The van der Waals surface area contributed by atoms with Crippen molar-refractivity contribution in [1.29, 1.82) is 0 Å². The second-order valence-corrected chi connectivity index (χ2v) is 8.53. The first kappa shape index (κ1) is 26.1. The summed E-state index contributed by atoms with van der Waals surface area (Å²) in [5, 5.41) is 2.53. The first-order valence-electron chi connectivity index (χ1n) is 11.1. The van der Waals surface area contributed by atoms with Crippen LogP contribution in [0.25, 0.3) is 0 Å². The van der Waals surface area contributed by atoms with Gasteiger partial charge in [0, 0.05) is 6.54 Å². The molecule has 1 aromatic rings. The zero-order valence-electron chi connectivity index (χ0n) is 19.7. The van der Waals surface area contributed by atoms with Crippen molar-refractivity contribution >= 4 is 23.8 Å². The molecule has 2 atom stereocenters. The maximum Gasteiger partial charge on any atom is 0.408 e. The topological polar surface area (TPSA) is 127 Å². The van der Waals surface area contributed by atoms with Crippen molar-refractivity contribution in [2.24, 2.45) is 10.9 Å². The number of hydrazine groups is 1. The minimum atomic E-state index is -1.04. The maximum absolute atomic E-state index is 12.8. The van der Waals surface area contributed by atoms with Crippen molar-refractivity contribution in [1.82, 2.24) is 16.2 Å². The van der Waals surface area contributed by atoms with Gasteiger partial charge in [0.1, 0.15) is 23.4 Å². The van der Waals surface area contributed by atoms with Crippen molar-refractivity contribution in [3.05, 3.63) is 35.9 Å². The molecule has 33 heavy (non-hydrogen) atoms. The van der Waals surface area contributed by atoms with Crippen molar-refractivity contribution in [2.45, 2.75) is 58.8 Å². The summed E-state index contributed by atoms with van der Waals surface area (Å²) in [5.41, 5.74) is 5.45. The molecular formula is C23H34N4O6. The number of amides is 2. The van der Waals surface area contributed by atoms with E-state index in [4.69, 9.17) is 14.2 Å². The van der Waals surface area contributed by atoms with E-state index >= 15 is 0 Å². The van der Waals surface area contributed by atoms with E-state index in [-0.39, 0.29) is 19.8 Å². The number of aliphatic imine (C=N–C) groups is 1. The molecule has 3 N–H and O–H groups in total. The van der Waals surface area contributed by atoms with Gasteiger partial charge in [0.15, 0.2) is 0 Å². The molecule has 182 valence electrons. The second kappa shape index (κ2) is 12.8. The van der Waals surface area contributed by atoms with Gasteiger partial charge in [-0.05, 0) is 46.1 Å². The Morgan fingerprint density at radius 3 is 2.58 bits per heavy atom. The highest BCUT2D eigenvalue weighted by Crippen LogP contribution is 2.15. The van der Waals surface area contributed by atoms with Crippen molar-refractivity contribution in [2.75, 3.05) is 19.8 Å². The van der Waals surface area contributed by atoms with E-state index in [0.717, 1.165) is 12.0 Å². The first-order valence-corrected chi connectivity index (χ1v) is 11.1. The highest BCUT2D eigenvalue weighted by molar-refractivity contribution is 6.02. The fourth-order valence-corrected chi connectivity index (χ4v) is 3.06. The Hall–Kier alpha value is -3.14. The van der Waals surface area contributed by atoms with E-state index < -0.39 is 35.5 Å². The SMILES string of the molecule is CCOC(=O)C1CCCN=C1NNC(=O)[C@H](COCc1ccccc1)NC(=O)OC(C)(C)C. The Morgan fingerprint density at radius 1 is 1.18 bits per heavy atom. The standard InChI is InChI=1S/C23H34N4O6/c1-5-32-21(29)17-12-9-13-24-19(17)26-27-20(28)18(25-22(30)33-23(2,3)4)15-31-14-16-10-7-6-8-11-16/h6-8,10-11,17-18H,5,9,12-15H2,1-4H3,(H,24,26)(H,25,30)(H,27,28)/t17?,18-/m0/s1. The average molecular weight is 463 g/mol. The lowest BCUT2D eigenvalue weighted by Gasteiger charge is -2.25. The third kappa shape index (κ3) is 9.48. The number of esters is 1. The van der Waals surface area contributed by atoms with Gasteiger partial charge in [0.05, 0.1) is 19.8 Å². The van der Waals surface area contributed by atoms with Gasteiger partial charge in [-0.15, -0.1) is 0 Å². The van der Waals surface area contributed by atoms with E-state index in [1.165, 1.54) is 0 Å². The summed E-state index contributed by atoms with van der Waals surface area (Å²) in [6.07, 6.45) is 0.573. The number of hydrogen-bond donors (Lipinski definition) is 3. The van der Waals surface area contributed by atoms with Crippen molar-refractivity contribution < 1.29 is 28.6 Å². The average Bonchev–Trinajstić information content (AvgIpc) is 2.76. The smallest absolute Gasteiger partial charge is 0.408 e. The van der Waals surface area contributed by atoms with Crippen LogP contribution in [0.3, 0.4) is 0 Å². The summed E-state index contributed by atoms with van der Waals surface area (Å²) < 4.78 is 16.0. The second-order valence-electron chi connectivity index (χ2n) is 8.53. The van der Waals surface area contributed by atoms with Crippen LogP contribution in [0.2, 0.25) is 0 Å². The number of nitrogens with one attached hydrogen (secondary N) is 3. The molecule has 1 unspecified atom stereocenters. The maximum atomic E-state index is 12.8. The van der Waals surface area contributed by atoms with E-state index in [1.54, 1.807) is 27.7 Å². The highest BCUT2D eigenvalue weighted by atomic mass is 16.6. The molecule has 1 aliphatic heterocycles. The van der Waals surface area contributed by atoms with Crippen LogP contribution in [0.15, 0.2) is 35.3 Å². The monoisotopic (exact) mass is 462 g/mol. The largest absolute Gasteiger partial charge is 0.465 e. The number of carbonyl (C=O) groups excluding carboxylic acids is 3. The number of alkyl carbamates (subject to hydrolysis) is 1. The lowest BCUT2D eigenvalue weighted by atomic mass is 9.99.